The van der Waals surface area contributed by atoms with Gasteiger partial charge in [0.15, 0.2) is 0 Å². The Morgan fingerprint density at radius 1 is 1.14 bits per heavy atom. The lowest BCUT2D eigenvalue weighted by Gasteiger charge is -2.26. The first-order chi connectivity index (χ1) is 10.1. The van der Waals surface area contributed by atoms with Gasteiger partial charge >= 0.3 is 0 Å². The molecule has 0 fully saturated rings. The zero-order valence-electron chi connectivity index (χ0n) is 12.8. The first kappa shape index (κ1) is 15.6. The SMILES string of the molecule is CC(NCC(c1ccccc1)N(C)C)c1ccc(F)cn1. The Labute approximate surface area is 125 Å². The second-order valence-electron chi connectivity index (χ2n) is 5.42. The molecule has 0 saturated carbocycles. The Kier molecular flexibility index (Phi) is 5.42. The average Bonchev–Trinajstić information content (AvgIpc) is 2.48. The minimum absolute atomic E-state index is 0.0803. The second-order valence-corrected chi connectivity index (χ2v) is 5.42. The smallest absolute Gasteiger partial charge is 0.141 e. The summed E-state index contributed by atoms with van der Waals surface area (Å²) < 4.78 is 12.9. The standard InChI is InChI=1S/C17H22FN3/c1-13(16-10-9-15(18)11-20-16)19-12-17(21(2)3)14-7-5-4-6-8-14/h4-11,13,17,19H,12H2,1-3H3. The molecule has 0 aliphatic rings. The molecule has 1 aromatic carbocycles. The predicted octanol–water partition coefficient (Wildman–Crippen LogP) is 3.17. The molecule has 1 heterocycles. The van der Waals surface area contributed by atoms with E-state index in [9.17, 15) is 4.39 Å². The molecule has 1 N–H and O–H groups in total. The quantitative estimate of drug-likeness (QED) is 0.884. The molecule has 0 aliphatic carbocycles. The normalized spacial score (nSPS) is 14.1. The zero-order valence-corrected chi connectivity index (χ0v) is 12.8. The lowest BCUT2D eigenvalue weighted by atomic mass is 10.1. The molecular formula is C17H22FN3. The van der Waals surface area contributed by atoms with Gasteiger partial charge in [0, 0.05) is 18.6 Å². The van der Waals surface area contributed by atoms with E-state index in [-0.39, 0.29) is 17.9 Å². The Hall–Kier alpha value is -1.78. The van der Waals surface area contributed by atoms with Crippen LogP contribution < -0.4 is 5.32 Å². The van der Waals surface area contributed by atoms with E-state index in [0.29, 0.717) is 0 Å². The van der Waals surface area contributed by atoms with Gasteiger partial charge in [0.2, 0.25) is 0 Å². The number of halogens is 1. The summed E-state index contributed by atoms with van der Waals surface area (Å²) in [5, 5.41) is 3.47. The molecule has 0 saturated heterocycles. The van der Waals surface area contributed by atoms with Crippen molar-refractivity contribution < 1.29 is 4.39 Å². The Morgan fingerprint density at radius 2 is 1.86 bits per heavy atom. The van der Waals surface area contributed by atoms with Gasteiger partial charge in [0.05, 0.1) is 11.9 Å². The first-order valence-corrected chi connectivity index (χ1v) is 7.14. The van der Waals surface area contributed by atoms with Gasteiger partial charge in [-0.25, -0.2) is 4.39 Å². The molecule has 0 radical (unpaired) electrons. The number of pyridine rings is 1. The van der Waals surface area contributed by atoms with E-state index in [1.165, 1.54) is 17.8 Å². The van der Waals surface area contributed by atoms with Crippen molar-refractivity contribution in [1.29, 1.82) is 0 Å². The summed E-state index contributed by atoms with van der Waals surface area (Å²) in [6.45, 7) is 2.84. The molecule has 0 bridgehead atoms. The van der Waals surface area contributed by atoms with Gasteiger partial charge in [-0.2, -0.15) is 0 Å². The van der Waals surface area contributed by atoms with Gasteiger partial charge < -0.3 is 10.2 Å². The van der Waals surface area contributed by atoms with E-state index in [4.69, 9.17) is 0 Å². The number of likely N-dealkylation sites (N-methyl/N-ethyl adjacent to an activating group) is 1. The van der Waals surface area contributed by atoms with Crippen molar-refractivity contribution in [2.45, 2.75) is 19.0 Å². The minimum atomic E-state index is -0.304. The molecule has 3 nitrogen and oxygen atoms in total. The van der Waals surface area contributed by atoms with Crippen molar-refractivity contribution in [3.63, 3.8) is 0 Å². The maximum Gasteiger partial charge on any atom is 0.141 e. The molecule has 2 atom stereocenters. The molecule has 1 aromatic heterocycles. The van der Waals surface area contributed by atoms with Crippen LogP contribution in [0.15, 0.2) is 48.7 Å². The van der Waals surface area contributed by atoms with Crippen molar-refractivity contribution in [3.8, 4) is 0 Å². The van der Waals surface area contributed by atoms with Crippen molar-refractivity contribution in [1.82, 2.24) is 15.2 Å². The van der Waals surface area contributed by atoms with Crippen LogP contribution in [0.5, 0.6) is 0 Å². The number of hydrogen-bond acceptors (Lipinski definition) is 3. The summed E-state index contributed by atoms with van der Waals surface area (Å²) in [4.78, 5) is 6.31. The van der Waals surface area contributed by atoms with Crippen LogP contribution >= 0.6 is 0 Å². The molecule has 2 aromatic rings. The van der Waals surface area contributed by atoms with E-state index < -0.39 is 0 Å². The van der Waals surface area contributed by atoms with Crippen LogP contribution in [-0.4, -0.2) is 30.5 Å². The summed E-state index contributed by atoms with van der Waals surface area (Å²) in [7, 11) is 4.14. The number of rotatable bonds is 6. The lowest BCUT2D eigenvalue weighted by Crippen LogP contribution is -2.32. The summed E-state index contributed by atoms with van der Waals surface area (Å²) in [6.07, 6.45) is 1.26. The van der Waals surface area contributed by atoms with Crippen LogP contribution in [0.1, 0.15) is 30.3 Å². The highest BCUT2D eigenvalue weighted by atomic mass is 19.1. The van der Waals surface area contributed by atoms with E-state index in [0.717, 1.165) is 12.2 Å². The zero-order chi connectivity index (χ0) is 15.2. The maximum absolute atomic E-state index is 12.9. The Morgan fingerprint density at radius 3 is 2.43 bits per heavy atom. The van der Waals surface area contributed by atoms with Crippen LogP contribution in [0.3, 0.4) is 0 Å². The number of nitrogens with zero attached hydrogens (tertiary/aromatic N) is 2. The highest BCUT2D eigenvalue weighted by Gasteiger charge is 2.15. The van der Waals surface area contributed by atoms with Crippen LogP contribution in [-0.2, 0) is 0 Å². The van der Waals surface area contributed by atoms with Gasteiger partial charge in [-0.05, 0) is 38.7 Å². The molecule has 2 rings (SSSR count). The van der Waals surface area contributed by atoms with Gasteiger partial charge in [-0.15, -0.1) is 0 Å². The van der Waals surface area contributed by atoms with Crippen LogP contribution in [0, 0.1) is 5.82 Å². The molecule has 0 aliphatic heterocycles. The third kappa shape index (κ3) is 4.34. The van der Waals surface area contributed by atoms with E-state index in [1.54, 1.807) is 6.07 Å². The summed E-state index contributed by atoms with van der Waals surface area (Å²) >= 11 is 0. The highest BCUT2D eigenvalue weighted by Crippen LogP contribution is 2.18. The number of benzene rings is 1. The van der Waals surface area contributed by atoms with E-state index in [1.807, 2.05) is 13.0 Å². The third-order valence-electron chi connectivity index (χ3n) is 3.62. The van der Waals surface area contributed by atoms with Crippen molar-refractivity contribution in [3.05, 3.63) is 65.7 Å². The molecule has 2 unspecified atom stereocenters. The van der Waals surface area contributed by atoms with Crippen LogP contribution in [0.25, 0.3) is 0 Å². The fourth-order valence-corrected chi connectivity index (χ4v) is 2.31. The fourth-order valence-electron chi connectivity index (χ4n) is 2.31. The van der Waals surface area contributed by atoms with Crippen molar-refractivity contribution >= 4 is 0 Å². The molecular weight excluding hydrogens is 265 g/mol. The fraction of sp³-hybridized carbons (Fsp3) is 0.353. The topological polar surface area (TPSA) is 28.2 Å². The summed E-state index contributed by atoms with van der Waals surface area (Å²) in [5.74, 6) is -0.304. The van der Waals surface area contributed by atoms with Gasteiger partial charge in [-0.1, -0.05) is 30.3 Å². The Balaban J connectivity index is 2.00. The largest absolute Gasteiger partial charge is 0.307 e. The van der Waals surface area contributed by atoms with Crippen LogP contribution in [0.4, 0.5) is 4.39 Å². The summed E-state index contributed by atoms with van der Waals surface area (Å²) in [6, 6.07) is 13.9. The Bertz CT molecular complexity index is 540. The van der Waals surface area contributed by atoms with E-state index >= 15 is 0 Å². The third-order valence-corrected chi connectivity index (χ3v) is 3.62. The average molecular weight is 287 g/mol. The highest BCUT2D eigenvalue weighted by molar-refractivity contribution is 5.19. The molecule has 0 spiro atoms. The minimum Gasteiger partial charge on any atom is -0.307 e. The molecule has 112 valence electrons. The van der Waals surface area contributed by atoms with Gasteiger partial charge in [0.1, 0.15) is 5.82 Å². The van der Waals surface area contributed by atoms with E-state index in [2.05, 4.69) is 53.6 Å². The second kappa shape index (κ2) is 7.29. The van der Waals surface area contributed by atoms with Crippen LogP contribution in [0.2, 0.25) is 0 Å². The number of hydrogen-bond donors (Lipinski definition) is 1. The molecule has 0 amide bonds. The molecule has 21 heavy (non-hydrogen) atoms. The summed E-state index contributed by atoms with van der Waals surface area (Å²) in [5.41, 5.74) is 2.12. The monoisotopic (exact) mass is 287 g/mol. The van der Waals surface area contributed by atoms with Gasteiger partial charge in [0.25, 0.3) is 0 Å². The van der Waals surface area contributed by atoms with Crippen molar-refractivity contribution in [2.24, 2.45) is 0 Å². The molecule has 4 heteroatoms. The van der Waals surface area contributed by atoms with Gasteiger partial charge in [-0.3, -0.25) is 4.98 Å². The maximum atomic E-state index is 12.9. The predicted molar refractivity (Wildman–Crippen MR) is 83.5 cm³/mol. The van der Waals surface area contributed by atoms with Crippen molar-refractivity contribution in [2.75, 3.05) is 20.6 Å². The lowest BCUT2D eigenvalue weighted by molar-refractivity contribution is 0.281. The first-order valence-electron chi connectivity index (χ1n) is 7.14. The number of aromatic nitrogens is 1. The number of nitrogens with one attached hydrogen (secondary N) is 1.